The van der Waals surface area contributed by atoms with E-state index in [1.165, 1.54) is 16.4 Å². The van der Waals surface area contributed by atoms with Gasteiger partial charge in [0.15, 0.2) is 0 Å². The van der Waals surface area contributed by atoms with Crippen LogP contribution in [0.15, 0.2) is 72.8 Å². The normalized spacial score (nSPS) is 11.6. The van der Waals surface area contributed by atoms with Crippen LogP contribution in [0.1, 0.15) is 67.1 Å². The maximum Gasteiger partial charge on any atom is 0.355 e. The molecule has 6 aromatic rings. The average molecular weight is 826 g/mol. The van der Waals surface area contributed by atoms with Crippen LogP contribution in [0.5, 0.6) is 11.5 Å². The minimum atomic E-state index is -3.77. The number of nitrogens with zero attached hydrogens (tertiary/aromatic N) is 2. The molecule has 0 fully saturated rings. The highest BCUT2D eigenvalue weighted by molar-refractivity contribution is 7.89. The van der Waals surface area contributed by atoms with E-state index >= 15 is 0 Å². The second-order valence-electron chi connectivity index (χ2n) is 13.0. The number of ether oxygens (including phenoxy) is 3. The Bertz CT molecular complexity index is 2400. The Hall–Kier alpha value is -4.62. The fourth-order valence-electron chi connectivity index (χ4n) is 6.77. The number of alkyl halides is 1. The lowest BCUT2D eigenvalue weighted by Crippen LogP contribution is -2.32. The first-order valence-corrected chi connectivity index (χ1v) is 20.6. The summed E-state index contributed by atoms with van der Waals surface area (Å²) in [5.41, 5.74) is 4.90. The molecule has 0 spiro atoms. The number of aryl methyl sites for hydroxylation is 2. The van der Waals surface area contributed by atoms with Crippen LogP contribution in [-0.4, -0.2) is 65.8 Å². The number of sulfonamides is 1. The second kappa shape index (κ2) is 19.0. The highest BCUT2D eigenvalue weighted by Crippen LogP contribution is 2.41. The summed E-state index contributed by atoms with van der Waals surface area (Å²) in [6, 6.07) is 21.0. The standard InChI is InChI=1S/C41H43Cl2FN4O6S.CH4/c1-4-34-38(35(47-46-34)25-48(55(50,51)22-8-20-42)24-26-12-15-29(52-3)16-13-26)37-33(43)19-18-32-31(40(45-39(32)37)41(49)53-5-2)10-7-21-54-36-11-6-9-27-23-28(44)14-17-30(27)36;/h6,9,11-19,23,45H,4-5,7-8,10,20-22,24-25H2,1-3H3,(H,46,47);1H4. The largest absolute Gasteiger partial charge is 0.497 e. The van der Waals surface area contributed by atoms with Crippen LogP contribution < -0.4 is 9.47 Å². The second-order valence-corrected chi connectivity index (χ2v) is 15.8. The van der Waals surface area contributed by atoms with Crippen molar-refractivity contribution in [3.8, 4) is 22.6 Å². The van der Waals surface area contributed by atoms with Gasteiger partial charge in [-0.05, 0) is 91.6 Å². The number of esters is 1. The van der Waals surface area contributed by atoms with Crippen molar-refractivity contribution in [1.82, 2.24) is 19.5 Å². The average Bonchev–Trinajstić information content (AvgIpc) is 3.76. The van der Waals surface area contributed by atoms with Crippen LogP contribution in [-0.2, 0) is 40.7 Å². The van der Waals surface area contributed by atoms with Gasteiger partial charge in [0.25, 0.3) is 0 Å². The third kappa shape index (κ3) is 9.32. The number of methoxy groups -OCH3 is 1. The molecule has 2 aromatic heterocycles. The summed E-state index contributed by atoms with van der Waals surface area (Å²) in [7, 11) is -2.20. The van der Waals surface area contributed by atoms with Crippen LogP contribution in [0.25, 0.3) is 32.8 Å². The van der Waals surface area contributed by atoms with E-state index in [0.717, 1.165) is 27.3 Å². The number of fused-ring (bicyclic) bond motifs is 2. The number of benzene rings is 4. The summed E-state index contributed by atoms with van der Waals surface area (Å²) in [5.74, 6) is 0.555. The van der Waals surface area contributed by atoms with Gasteiger partial charge in [0.1, 0.15) is 23.0 Å². The highest BCUT2D eigenvalue weighted by Gasteiger charge is 2.29. The Morgan fingerprint density at radius 1 is 0.964 bits per heavy atom. The molecule has 0 aliphatic carbocycles. The molecule has 0 atom stereocenters. The topological polar surface area (TPSA) is 127 Å². The van der Waals surface area contributed by atoms with E-state index in [-0.39, 0.29) is 44.6 Å². The molecule has 56 heavy (non-hydrogen) atoms. The maximum absolute atomic E-state index is 13.8. The minimum absolute atomic E-state index is 0. The molecule has 0 saturated heterocycles. The van der Waals surface area contributed by atoms with Gasteiger partial charge in [0.05, 0.1) is 54.5 Å². The van der Waals surface area contributed by atoms with Crippen molar-refractivity contribution in [1.29, 1.82) is 0 Å². The Labute approximate surface area is 337 Å². The lowest BCUT2D eigenvalue weighted by molar-refractivity contribution is 0.0519. The Morgan fingerprint density at radius 2 is 1.73 bits per heavy atom. The zero-order chi connectivity index (χ0) is 39.1. The molecule has 0 aliphatic heterocycles. The molecule has 0 radical (unpaired) electrons. The van der Waals surface area contributed by atoms with Crippen LogP contribution in [0.3, 0.4) is 0 Å². The predicted molar refractivity (Wildman–Crippen MR) is 222 cm³/mol. The third-order valence-corrected chi connectivity index (χ3v) is 11.9. The van der Waals surface area contributed by atoms with Gasteiger partial charge >= 0.3 is 5.97 Å². The number of hydrogen-bond acceptors (Lipinski definition) is 7. The van der Waals surface area contributed by atoms with Gasteiger partial charge in [-0.25, -0.2) is 17.6 Å². The quantitative estimate of drug-likeness (QED) is 0.0502. The molecule has 2 N–H and O–H groups in total. The van der Waals surface area contributed by atoms with Crippen LogP contribution >= 0.6 is 23.2 Å². The molecule has 0 saturated carbocycles. The van der Waals surface area contributed by atoms with Crippen molar-refractivity contribution in [3.05, 3.63) is 112 Å². The molecule has 10 nitrogen and oxygen atoms in total. The fraction of sp³-hybridized carbons (Fsp3) is 0.333. The number of hydrogen-bond donors (Lipinski definition) is 2. The van der Waals surface area contributed by atoms with E-state index in [0.29, 0.717) is 82.5 Å². The van der Waals surface area contributed by atoms with E-state index in [1.807, 2.05) is 43.3 Å². The smallest absolute Gasteiger partial charge is 0.355 e. The maximum atomic E-state index is 13.8. The third-order valence-electron chi connectivity index (χ3n) is 9.42. The number of rotatable bonds is 18. The lowest BCUT2D eigenvalue weighted by atomic mass is 9.97. The van der Waals surface area contributed by atoms with E-state index in [4.69, 9.17) is 37.4 Å². The summed E-state index contributed by atoms with van der Waals surface area (Å²) in [6.45, 7) is 4.29. The van der Waals surface area contributed by atoms with Gasteiger partial charge in [0.2, 0.25) is 10.0 Å². The Balaban J connectivity index is 0.00000600. The number of aromatic nitrogens is 3. The van der Waals surface area contributed by atoms with Gasteiger partial charge < -0.3 is 19.2 Å². The molecule has 4 aromatic carbocycles. The van der Waals surface area contributed by atoms with Gasteiger partial charge in [-0.15, -0.1) is 11.6 Å². The SMILES string of the molecule is C.CCOC(=O)c1[nH]c2c(-c3c(CC)n[nH]c3CN(Cc3ccc(OC)cc3)S(=O)(=O)CCCCl)c(Cl)ccc2c1CCCOc1cccc2cc(F)ccc12. The molecule has 298 valence electrons. The summed E-state index contributed by atoms with van der Waals surface area (Å²) < 4.78 is 59.8. The van der Waals surface area contributed by atoms with E-state index < -0.39 is 16.0 Å². The summed E-state index contributed by atoms with van der Waals surface area (Å²) >= 11 is 13.0. The number of H-pyrrole nitrogens is 2. The fourth-order valence-corrected chi connectivity index (χ4v) is 8.76. The van der Waals surface area contributed by atoms with Gasteiger partial charge in [-0.1, -0.05) is 56.3 Å². The summed E-state index contributed by atoms with van der Waals surface area (Å²) in [4.78, 5) is 16.8. The Kier molecular flexibility index (Phi) is 14.4. The number of carbonyl (C=O) groups excluding carboxylic acids is 1. The molecule has 0 amide bonds. The summed E-state index contributed by atoms with van der Waals surface area (Å²) in [6.07, 6.45) is 1.82. The first kappa shape index (κ1) is 42.5. The van der Waals surface area contributed by atoms with Crippen molar-refractivity contribution in [2.45, 2.75) is 60.0 Å². The molecule has 6 rings (SSSR count). The van der Waals surface area contributed by atoms with E-state index in [9.17, 15) is 17.6 Å². The Morgan fingerprint density at radius 3 is 2.45 bits per heavy atom. The first-order chi connectivity index (χ1) is 26.6. The molecule has 0 unspecified atom stereocenters. The van der Waals surface area contributed by atoms with Crippen molar-refractivity contribution < 1.29 is 31.8 Å². The highest BCUT2D eigenvalue weighted by atomic mass is 35.5. The zero-order valence-electron chi connectivity index (χ0n) is 30.9. The lowest BCUT2D eigenvalue weighted by Gasteiger charge is -2.23. The molecule has 14 heteroatoms. The van der Waals surface area contributed by atoms with Gasteiger partial charge in [-0.3, -0.25) is 5.10 Å². The van der Waals surface area contributed by atoms with Crippen molar-refractivity contribution >= 4 is 60.9 Å². The number of aromatic amines is 2. The van der Waals surface area contributed by atoms with E-state index in [2.05, 4.69) is 15.2 Å². The van der Waals surface area contributed by atoms with Gasteiger partial charge in [-0.2, -0.15) is 9.40 Å². The number of carbonyl (C=O) groups is 1. The molecular formula is C42H47Cl2FN4O6S. The van der Waals surface area contributed by atoms with Crippen molar-refractivity contribution in [2.24, 2.45) is 0 Å². The predicted octanol–water partition coefficient (Wildman–Crippen LogP) is 9.86. The summed E-state index contributed by atoms with van der Waals surface area (Å²) in [5, 5.41) is 10.4. The monoisotopic (exact) mass is 824 g/mol. The first-order valence-electron chi connectivity index (χ1n) is 18.1. The van der Waals surface area contributed by atoms with Crippen molar-refractivity contribution in [3.63, 3.8) is 0 Å². The molecule has 0 aliphatic rings. The van der Waals surface area contributed by atoms with Gasteiger partial charge in [0, 0.05) is 34.3 Å². The zero-order valence-corrected chi connectivity index (χ0v) is 33.2. The number of halogens is 3. The van der Waals surface area contributed by atoms with Crippen LogP contribution in [0, 0.1) is 5.82 Å². The molecule has 0 bridgehead atoms. The molecule has 2 heterocycles. The molecular weight excluding hydrogens is 778 g/mol. The minimum Gasteiger partial charge on any atom is -0.497 e. The van der Waals surface area contributed by atoms with Crippen LogP contribution in [0.4, 0.5) is 4.39 Å². The number of nitrogens with one attached hydrogen (secondary N) is 2. The van der Waals surface area contributed by atoms with Crippen LogP contribution in [0.2, 0.25) is 5.02 Å². The van der Waals surface area contributed by atoms with E-state index in [1.54, 1.807) is 38.3 Å². The van der Waals surface area contributed by atoms with Crippen molar-refractivity contribution in [2.75, 3.05) is 32.0 Å².